The van der Waals surface area contributed by atoms with Gasteiger partial charge in [0, 0.05) is 18.1 Å². The van der Waals surface area contributed by atoms with Gasteiger partial charge in [0.1, 0.15) is 0 Å². The minimum absolute atomic E-state index is 0.103. The summed E-state index contributed by atoms with van der Waals surface area (Å²) in [4.78, 5) is 0. The van der Waals surface area contributed by atoms with Crippen molar-refractivity contribution < 1.29 is 9.47 Å². The molecule has 1 aliphatic rings. The van der Waals surface area contributed by atoms with Crippen molar-refractivity contribution in [2.24, 2.45) is 0 Å². The van der Waals surface area contributed by atoms with Gasteiger partial charge in [-0.3, -0.25) is 0 Å². The van der Waals surface area contributed by atoms with Gasteiger partial charge >= 0.3 is 0 Å². The van der Waals surface area contributed by atoms with Crippen molar-refractivity contribution in [3.05, 3.63) is 47.5 Å². The zero-order chi connectivity index (χ0) is 12.8. The Hall–Kier alpha value is -0.830. The lowest BCUT2D eigenvalue weighted by Gasteiger charge is -2.30. The van der Waals surface area contributed by atoms with E-state index in [0.717, 1.165) is 43.1 Å². The predicted molar refractivity (Wildman–Crippen MR) is 73.9 cm³/mol. The van der Waals surface area contributed by atoms with E-state index >= 15 is 0 Å². The molecule has 3 heteroatoms. The highest BCUT2D eigenvalue weighted by molar-refractivity contribution is 6.30. The van der Waals surface area contributed by atoms with E-state index in [2.05, 4.69) is 12.6 Å². The molecule has 0 aliphatic carbocycles. The minimum atomic E-state index is 0.103. The van der Waals surface area contributed by atoms with E-state index in [1.807, 2.05) is 24.3 Å². The molecule has 2 atom stereocenters. The van der Waals surface area contributed by atoms with Crippen LogP contribution >= 0.6 is 11.6 Å². The van der Waals surface area contributed by atoms with Crippen LogP contribution in [-0.4, -0.2) is 19.3 Å². The molecule has 0 spiro atoms. The molecular formula is C15H19ClO2. The molecule has 1 aromatic rings. The van der Waals surface area contributed by atoms with E-state index < -0.39 is 0 Å². The molecule has 2 rings (SSSR count). The van der Waals surface area contributed by atoms with Crippen molar-refractivity contribution in [3.8, 4) is 0 Å². The molecule has 18 heavy (non-hydrogen) atoms. The van der Waals surface area contributed by atoms with Crippen molar-refractivity contribution in [1.29, 1.82) is 0 Å². The molecule has 2 nitrogen and oxygen atoms in total. The van der Waals surface area contributed by atoms with Crippen molar-refractivity contribution in [1.82, 2.24) is 0 Å². The summed E-state index contributed by atoms with van der Waals surface area (Å²) in [6.07, 6.45) is 5.03. The van der Waals surface area contributed by atoms with Gasteiger partial charge in [-0.25, -0.2) is 0 Å². The van der Waals surface area contributed by atoms with E-state index in [1.54, 1.807) is 0 Å². The summed E-state index contributed by atoms with van der Waals surface area (Å²) in [5.74, 6) is 0. The summed E-state index contributed by atoms with van der Waals surface area (Å²) >= 11 is 6.00. The van der Waals surface area contributed by atoms with Gasteiger partial charge in [-0.2, -0.15) is 0 Å². The molecule has 2 unspecified atom stereocenters. The molecule has 0 saturated carbocycles. The van der Waals surface area contributed by atoms with Crippen LogP contribution in [0.5, 0.6) is 0 Å². The average Bonchev–Trinajstić information content (AvgIpc) is 2.39. The molecular weight excluding hydrogens is 248 g/mol. The maximum atomic E-state index is 6.00. The lowest BCUT2D eigenvalue weighted by atomic mass is 9.99. The first kappa shape index (κ1) is 13.6. The first-order valence-corrected chi connectivity index (χ1v) is 6.77. The molecule has 0 amide bonds. The monoisotopic (exact) mass is 266 g/mol. The van der Waals surface area contributed by atoms with Gasteiger partial charge in [0.25, 0.3) is 0 Å². The quantitative estimate of drug-likeness (QED) is 0.589. The van der Waals surface area contributed by atoms with E-state index in [-0.39, 0.29) is 12.2 Å². The normalized spacial score (nSPS) is 23.8. The fraction of sp³-hybridized carbons (Fsp3) is 0.467. The van der Waals surface area contributed by atoms with Gasteiger partial charge in [-0.1, -0.05) is 29.8 Å². The summed E-state index contributed by atoms with van der Waals surface area (Å²) in [6, 6.07) is 7.87. The maximum absolute atomic E-state index is 6.00. The summed E-state index contributed by atoms with van der Waals surface area (Å²) in [5.41, 5.74) is 1.14. The van der Waals surface area contributed by atoms with Gasteiger partial charge in [-0.05, 0) is 30.5 Å². The lowest BCUT2D eigenvalue weighted by Crippen LogP contribution is -2.26. The van der Waals surface area contributed by atoms with Crippen LogP contribution in [0.3, 0.4) is 0 Å². The summed E-state index contributed by atoms with van der Waals surface area (Å²) < 4.78 is 11.6. The second-order valence-corrected chi connectivity index (χ2v) is 4.95. The zero-order valence-electron chi connectivity index (χ0n) is 10.5. The Morgan fingerprint density at radius 1 is 1.50 bits per heavy atom. The number of hydrogen-bond donors (Lipinski definition) is 0. The Bertz CT molecular complexity index is 392. The highest BCUT2D eigenvalue weighted by atomic mass is 35.5. The molecule has 0 radical (unpaired) electrons. The molecule has 1 aliphatic heterocycles. The molecule has 1 heterocycles. The van der Waals surface area contributed by atoms with Crippen molar-refractivity contribution in [3.63, 3.8) is 0 Å². The van der Waals surface area contributed by atoms with Gasteiger partial charge in [0.05, 0.1) is 18.8 Å². The third-order valence-corrected chi connectivity index (χ3v) is 3.37. The van der Waals surface area contributed by atoms with Gasteiger partial charge in [0.15, 0.2) is 0 Å². The average molecular weight is 267 g/mol. The Kier molecular flexibility index (Phi) is 5.24. The molecule has 0 bridgehead atoms. The molecule has 1 fully saturated rings. The van der Waals surface area contributed by atoms with Crippen molar-refractivity contribution in [2.75, 3.05) is 13.2 Å². The third-order valence-electron chi connectivity index (χ3n) is 3.13. The lowest BCUT2D eigenvalue weighted by molar-refractivity contribution is -0.0730. The van der Waals surface area contributed by atoms with Crippen molar-refractivity contribution >= 4 is 11.6 Å². The van der Waals surface area contributed by atoms with Crippen LogP contribution < -0.4 is 0 Å². The van der Waals surface area contributed by atoms with Gasteiger partial charge in [-0.15, -0.1) is 6.58 Å². The highest BCUT2D eigenvalue weighted by Gasteiger charge is 2.24. The van der Waals surface area contributed by atoms with Gasteiger partial charge < -0.3 is 9.47 Å². The molecule has 1 saturated heterocycles. The Morgan fingerprint density at radius 3 is 3.17 bits per heavy atom. The Morgan fingerprint density at radius 2 is 2.39 bits per heavy atom. The predicted octanol–water partition coefficient (Wildman–Crippen LogP) is 4.15. The number of ether oxygens (including phenoxy) is 2. The van der Waals surface area contributed by atoms with Gasteiger partial charge in [0.2, 0.25) is 0 Å². The topological polar surface area (TPSA) is 18.5 Å². The number of hydrogen-bond acceptors (Lipinski definition) is 2. The van der Waals surface area contributed by atoms with Crippen LogP contribution in [0, 0.1) is 0 Å². The minimum Gasteiger partial charge on any atom is -0.378 e. The summed E-state index contributed by atoms with van der Waals surface area (Å²) in [7, 11) is 0. The first-order valence-electron chi connectivity index (χ1n) is 6.39. The van der Waals surface area contributed by atoms with Crippen LogP contribution in [0.4, 0.5) is 0 Å². The number of rotatable bonds is 5. The van der Waals surface area contributed by atoms with E-state index in [4.69, 9.17) is 21.1 Å². The van der Waals surface area contributed by atoms with Crippen LogP contribution in [-0.2, 0) is 9.47 Å². The standard InChI is InChI=1S/C15H19ClO2/c1-2-3-8-17-14-7-9-18-15(11-14)12-5-4-6-13(16)10-12/h2,4-6,10,14-15H,1,3,7-9,11H2. The summed E-state index contributed by atoms with van der Waals surface area (Å²) in [6.45, 7) is 5.19. The fourth-order valence-electron chi connectivity index (χ4n) is 2.17. The molecule has 0 N–H and O–H groups in total. The number of benzene rings is 1. The highest BCUT2D eigenvalue weighted by Crippen LogP contribution is 2.30. The van der Waals surface area contributed by atoms with Crippen molar-refractivity contribution in [2.45, 2.75) is 31.5 Å². The third kappa shape index (κ3) is 3.84. The Labute approximate surface area is 114 Å². The maximum Gasteiger partial charge on any atom is 0.0850 e. The fourth-order valence-corrected chi connectivity index (χ4v) is 2.37. The van der Waals surface area contributed by atoms with Crippen LogP contribution in [0.2, 0.25) is 5.02 Å². The number of halogens is 1. The molecule has 1 aromatic carbocycles. The SMILES string of the molecule is C=CCCOC1CCOC(c2cccc(Cl)c2)C1. The zero-order valence-corrected chi connectivity index (χ0v) is 11.2. The van der Waals surface area contributed by atoms with E-state index in [0.29, 0.717) is 0 Å². The smallest absolute Gasteiger partial charge is 0.0850 e. The second kappa shape index (κ2) is 6.93. The van der Waals surface area contributed by atoms with Crippen LogP contribution in [0.15, 0.2) is 36.9 Å². The first-order chi connectivity index (χ1) is 8.79. The van der Waals surface area contributed by atoms with Crippen LogP contribution in [0.25, 0.3) is 0 Å². The Balaban J connectivity index is 1.91. The largest absolute Gasteiger partial charge is 0.378 e. The van der Waals surface area contributed by atoms with E-state index in [9.17, 15) is 0 Å². The summed E-state index contributed by atoms with van der Waals surface area (Å²) in [5, 5.41) is 0.755. The van der Waals surface area contributed by atoms with Crippen LogP contribution in [0.1, 0.15) is 30.9 Å². The molecule has 98 valence electrons. The second-order valence-electron chi connectivity index (χ2n) is 4.51. The van der Waals surface area contributed by atoms with E-state index in [1.165, 1.54) is 0 Å². The molecule has 0 aromatic heterocycles.